The van der Waals surface area contributed by atoms with Gasteiger partial charge in [0.05, 0.1) is 0 Å². The van der Waals surface area contributed by atoms with E-state index in [0.717, 1.165) is 24.1 Å². The summed E-state index contributed by atoms with van der Waals surface area (Å²) in [4.78, 5) is 37.9. The van der Waals surface area contributed by atoms with E-state index in [9.17, 15) is 14.4 Å². The van der Waals surface area contributed by atoms with Crippen molar-refractivity contribution in [3.05, 3.63) is 34.9 Å². The number of carbonyl (C=O) groups is 3. The van der Waals surface area contributed by atoms with Gasteiger partial charge in [-0.1, -0.05) is 25.0 Å². The second kappa shape index (κ2) is 8.01. The number of rotatable bonds is 5. The molecule has 1 aromatic carbocycles. The monoisotopic (exact) mass is 384 g/mol. The molecule has 7 nitrogen and oxygen atoms in total. The zero-order valence-corrected chi connectivity index (χ0v) is 16.1. The summed E-state index contributed by atoms with van der Waals surface area (Å²) in [7, 11) is 0. The van der Waals surface area contributed by atoms with Gasteiger partial charge in [0, 0.05) is 31.1 Å². The summed E-state index contributed by atoms with van der Waals surface area (Å²) in [6.45, 7) is 2.02. The zero-order valence-electron chi connectivity index (χ0n) is 16.1. The topological polar surface area (TPSA) is 105 Å². The molecule has 4 rings (SSSR count). The van der Waals surface area contributed by atoms with Crippen LogP contribution >= 0.6 is 0 Å². The highest BCUT2D eigenvalue weighted by Gasteiger charge is 2.39. The van der Waals surface area contributed by atoms with Crippen molar-refractivity contribution >= 4 is 17.7 Å². The zero-order chi connectivity index (χ0) is 19.7. The van der Waals surface area contributed by atoms with E-state index in [4.69, 9.17) is 5.73 Å². The van der Waals surface area contributed by atoms with Crippen LogP contribution in [0.3, 0.4) is 0 Å². The Morgan fingerprint density at radius 3 is 2.75 bits per heavy atom. The largest absolute Gasteiger partial charge is 0.327 e. The van der Waals surface area contributed by atoms with Gasteiger partial charge < -0.3 is 16.0 Å². The lowest BCUT2D eigenvalue weighted by Gasteiger charge is -2.29. The number of benzene rings is 1. The van der Waals surface area contributed by atoms with Gasteiger partial charge in [0.15, 0.2) is 0 Å². The van der Waals surface area contributed by atoms with Gasteiger partial charge in [0.25, 0.3) is 5.91 Å². The smallest absolute Gasteiger partial charge is 0.255 e. The minimum Gasteiger partial charge on any atom is -0.327 e. The van der Waals surface area contributed by atoms with E-state index in [-0.39, 0.29) is 30.2 Å². The average Bonchev–Trinajstić information content (AvgIpc) is 3.00. The molecule has 2 heterocycles. The third-order valence-corrected chi connectivity index (χ3v) is 6.30. The van der Waals surface area contributed by atoms with Crippen LogP contribution in [0.4, 0.5) is 0 Å². The first kappa shape index (κ1) is 19.1. The minimum absolute atomic E-state index is 0.124. The molecule has 1 aliphatic carbocycles. The predicted octanol–water partition coefficient (Wildman–Crippen LogP) is 1.05. The van der Waals surface area contributed by atoms with Gasteiger partial charge in [-0.2, -0.15) is 0 Å². The van der Waals surface area contributed by atoms with E-state index in [1.54, 1.807) is 4.90 Å². The van der Waals surface area contributed by atoms with E-state index >= 15 is 0 Å². The van der Waals surface area contributed by atoms with Crippen LogP contribution in [0.25, 0.3) is 0 Å². The molecular weight excluding hydrogens is 356 g/mol. The standard InChI is InChI=1S/C21H28N4O3/c22-17-4-2-1-3-14(17)11-23-10-13-5-6-15-12-25(21(28)16(15)9-13)18-7-8-19(26)24-20(18)27/h5-6,9,14,17-18,23H,1-4,7-8,10-12,22H2,(H,24,26,27). The van der Waals surface area contributed by atoms with Crippen molar-refractivity contribution in [3.8, 4) is 0 Å². The summed E-state index contributed by atoms with van der Waals surface area (Å²) in [6.07, 6.45) is 5.43. The van der Waals surface area contributed by atoms with Gasteiger partial charge in [0.1, 0.15) is 6.04 Å². The van der Waals surface area contributed by atoms with Gasteiger partial charge in [-0.25, -0.2) is 0 Å². The molecule has 7 heteroatoms. The van der Waals surface area contributed by atoms with Crippen LogP contribution in [0, 0.1) is 5.92 Å². The van der Waals surface area contributed by atoms with Crippen molar-refractivity contribution < 1.29 is 14.4 Å². The summed E-state index contributed by atoms with van der Waals surface area (Å²) in [5.41, 5.74) is 8.87. The number of nitrogens with two attached hydrogens (primary N) is 1. The van der Waals surface area contributed by atoms with Crippen molar-refractivity contribution in [2.45, 2.75) is 63.7 Å². The Kier molecular flexibility index (Phi) is 5.46. The first-order valence-electron chi connectivity index (χ1n) is 10.3. The van der Waals surface area contributed by atoms with Crippen molar-refractivity contribution in [2.75, 3.05) is 6.54 Å². The van der Waals surface area contributed by atoms with Crippen molar-refractivity contribution in [2.24, 2.45) is 11.7 Å². The maximum absolute atomic E-state index is 12.9. The van der Waals surface area contributed by atoms with Crippen LogP contribution in [0.2, 0.25) is 0 Å². The summed E-state index contributed by atoms with van der Waals surface area (Å²) >= 11 is 0. The van der Waals surface area contributed by atoms with Gasteiger partial charge in [-0.15, -0.1) is 0 Å². The van der Waals surface area contributed by atoms with E-state index in [0.29, 0.717) is 31.0 Å². The summed E-state index contributed by atoms with van der Waals surface area (Å²) < 4.78 is 0. The molecule has 1 saturated carbocycles. The molecule has 0 aromatic heterocycles. The Morgan fingerprint density at radius 2 is 1.96 bits per heavy atom. The quantitative estimate of drug-likeness (QED) is 0.659. The van der Waals surface area contributed by atoms with Crippen LogP contribution in [0.5, 0.6) is 0 Å². The highest BCUT2D eigenvalue weighted by molar-refractivity contribution is 6.05. The lowest BCUT2D eigenvalue weighted by Crippen LogP contribution is -2.52. The van der Waals surface area contributed by atoms with Crippen molar-refractivity contribution in [1.29, 1.82) is 0 Å². The summed E-state index contributed by atoms with van der Waals surface area (Å²) in [6, 6.07) is 5.66. The SMILES string of the molecule is NC1CCCCC1CNCc1ccc2c(c1)C(=O)N(C1CCC(=O)NC1=O)C2. The molecule has 2 fully saturated rings. The fraction of sp³-hybridized carbons (Fsp3) is 0.571. The Bertz CT molecular complexity index is 794. The predicted molar refractivity (Wildman–Crippen MR) is 104 cm³/mol. The van der Waals surface area contributed by atoms with E-state index < -0.39 is 6.04 Å². The molecule has 0 bridgehead atoms. The Labute approximate surface area is 165 Å². The maximum Gasteiger partial charge on any atom is 0.255 e. The third-order valence-electron chi connectivity index (χ3n) is 6.30. The lowest BCUT2D eigenvalue weighted by molar-refractivity contribution is -0.136. The Balaban J connectivity index is 1.37. The molecule has 3 amide bonds. The number of hydrogen-bond donors (Lipinski definition) is 3. The molecular formula is C21H28N4O3. The molecule has 0 spiro atoms. The number of nitrogens with zero attached hydrogens (tertiary/aromatic N) is 1. The third kappa shape index (κ3) is 3.82. The minimum atomic E-state index is -0.563. The number of piperidine rings is 1. The van der Waals surface area contributed by atoms with Crippen LogP contribution < -0.4 is 16.4 Å². The number of imide groups is 1. The molecule has 3 aliphatic rings. The number of carbonyl (C=O) groups excluding carboxylic acids is 3. The number of hydrogen-bond acceptors (Lipinski definition) is 5. The van der Waals surface area contributed by atoms with Crippen LogP contribution in [0.15, 0.2) is 18.2 Å². The molecule has 0 radical (unpaired) electrons. The summed E-state index contributed by atoms with van der Waals surface area (Å²) in [5, 5.41) is 5.82. The molecule has 1 saturated heterocycles. The first-order valence-corrected chi connectivity index (χ1v) is 10.3. The number of nitrogens with one attached hydrogen (secondary N) is 2. The lowest BCUT2D eigenvalue weighted by atomic mass is 9.85. The molecule has 150 valence electrons. The van der Waals surface area contributed by atoms with Crippen LogP contribution in [-0.2, 0) is 22.7 Å². The van der Waals surface area contributed by atoms with E-state index in [1.807, 2.05) is 18.2 Å². The fourth-order valence-corrected chi connectivity index (χ4v) is 4.60. The van der Waals surface area contributed by atoms with Gasteiger partial charge in [-0.05, 0) is 48.9 Å². The second-order valence-electron chi connectivity index (χ2n) is 8.23. The van der Waals surface area contributed by atoms with Crippen molar-refractivity contribution in [3.63, 3.8) is 0 Å². The molecule has 1 aromatic rings. The van der Waals surface area contributed by atoms with Gasteiger partial charge in [0.2, 0.25) is 11.8 Å². The molecule has 2 aliphatic heterocycles. The molecule has 3 atom stereocenters. The molecule has 4 N–H and O–H groups in total. The highest BCUT2D eigenvalue weighted by atomic mass is 16.2. The normalized spacial score (nSPS) is 27.7. The number of amides is 3. The van der Waals surface area contributed by atoms with E-state index in [1.165, 1.54) is 19.3 Å². The Morgan fingerprint density at radius 1 is 1.14 bits per heavy atom. The number of fused-ring (bicyclic) bond motifs is 1. The van der Waals surface area contributed by atoms with Gasteiger partial charge >= 0.3 is 0 Å². The first-order chi connectivity index (χ1) is 13.5. The second-order valence-corrected chi connectivity index (χ2v) is 8.23. The van der Waals surface area contributed by atoms with Crippen molar-refractivity contribution in [1.82, 2.24) is 15.5 Å². The van der Waals surface area contributed by atoms with E-state index in [2.05, 4.69) is 10.6 Å². The fourth-order valence-electron chi connectivity index (χ4n) is 4.60. The molecule has 28 heavy (non-hydrogen) atoms. The van der Waals surface area contributed by atoms with Crippen LogP contribution in [-0.4, -0.2) is 41.2 Å². The van der Waals surface area contributed by atoms with Crippen LogP contribution in [0.1, 0.15) is 60.0 Å². The maximum atomic E-state index is 12.9. The van der Waals surface area contributed by atoms with Gasteiger partial charge in [-0.3, -0.25) is 19.7 Å². The molecule has 3 unspecified atom stereocenters. The Hall–Kier alpha value is -2.25. The average molecular weight is 384 g/mol. The summed E-state index contributed by atoms with van der Waals surface area (Å²) in [5.74, 6) is -0.243. The highest BCUT2D eigenvalue weighted by Crippen LogP contribution is 2.28.